The van der Waals surface area contributed by atoms with Crippen LogP contribution >= 0.6 is 8.46 Å². The fourth-order valence-corrected chi connectivity index (χ4v) is 1.96. The third-order valence-corrected chi connectivity index (χ3v) is 2.50. The summed E-state index contributed by atoms with van der Waals surface area (Å²) in [6, 6.07) is 7.88. The van der Waals surface area contributed by atoms with E-state index in [2.05, 4.69) is 20.8 Å². The molecule has 0 aliphatic rings. The number of rotatable bonds is 1. The maximum atomic E-state index is 10.8. The average molecular weight is 181 g/mol. The molecule has 0 aliphatic carbocycles. The highest BCUT2D eigenvalue weighted by atomic mass is 31.1. The lowest BCUT2D eigenvalue weighted by Gasteiger charge is -2.17. The van der Waals surface area contributed by atoms with E-state index in [9.17, 15) is 4.57 Å². The van der Waals surface area contributed by atoms with E-state index < -0.39 is 0 Å². The van der Waals surface area contributed by atoms with Gasteiger partial charge in [0.1, 0.15) is 0 Å². The second-order valence-electron chi connectivity index (χ2n) is 3.90. The van der Waals surface area contributed by atoms with E-state index in [0.29, 0.717) is 0 Å². The van der Waals surface area contributed by atoms with Crippen LogP contribution in [-0.4, -0.2) is 0 Å². The van der Waals surface area contributed by atoms with Crippen molar-refractivity contribution in [3.63, 3.8) is 0 Å². The molecule has 0 spiro atoms. The van der Waals surface area contributed by atoms with Crippen LogP contribution < -0.4 is 5.30 Å². The van der Waals surface area contributed by atoms with Gasteiger partial charge in [-0.15, -0.1) is 0 Å². The lowest BCUT2D eigenvalue weighted by molar-refractivity contribution is 0.588. The molecule has 0 amide bonds. The summed E-state index contributed by atoms with van der Waals surface area (Å²) in [5, 5.41) is 0.949. The fraction of sp³-hybridized carbons (Fsp3) is 0.400. The van der Waals surface area contributed by atoms with E-state index in [0.717, 1.165) is 5.30 Å². The van der Waals surface area contributed by atoms with Crippen LogP contribution in [0.2, 0.25) is 0 Å². The molecule has 0 bridgehead atoms. The molecule has 0 radical (unpaired) electrons. The van der Waals surface area contributed by atoms with Crippen molar-refractivity contribution in [1.82, 2.24) is 0 Å². The molecule has 1 rings (SSSR count). The Morgan fingerprint density at radius 3 is 2.17 bits per heavy atom. The van der Waals surface area contributed by atoms with Gasteiger partial charge < -0.3 is 0 Å². The molecule has 0 aromatic heterocycles. The zero-order chi connectivity index (χ0) is 9.19. The average Bonchev–Trinajstić information content (AvgIpc) is 2.03. The van der Waals surface area contributed by atoms with Crippen molar-refractivity contribution in [2.45, 2.75) is 26.2 Å². The van der Waals surface area contributed by atoms with E-state index in [4.69, 9.17) is 0 Å². The minimum Gasteiger partial charge on any atom is -0.0707 e. The Kier molecular flexibility index (Phi) is 2.64. The summed E-state index contributed by atoms with van der Waals surface area (Å²) < 4.78 is 10.8. The standard InChI is InChI=1S/C10H13OP/c1-10(2,3)8-6-4-5-7-9(8)12-11/h4-7H,1-3H3/p+1. The maximum Gasteiger partial charge on any atom is 0.363 e. The van der Waals surface area contributed by atoms with Crippen molar-refractivity contribution in [2.75, 3.05) is 0 Å². The third kappa shape index (κ3) is 1.92. The molecule has 0 heterocycles. The second kappa shape index (κ2) is 3.37. The molecule has 1 nitrogen and oxygen atoms in total. The Morgan fingerprint density at radius 1 is 1.17 bits per heavy atom. The van der Waals surface area contributed by atoms with Gasteiger partial charge in [-0.3, -0.25) is 0 Å². The molecule has 64 valence electrons. The van der Waals surface area contributed by atoms with E-state index in [-0.39, 0.29) is 13.9 Å². The monoisotopic (exact) mass is 181 g/mol. The van der Waals surface area contributed by atoms with Gasteiger partial charge in [-0.25, -0.2) is 0 Å². The fourth-order valence-electron chi connectivity index (χ4n) is 1.23. The van der Waals surface area contributed by atoms with E-state index in [1.54, 1.807) is 0 Å². The molecule has 0 saturated carbocycles. The van der Waals surface area contributed by atoms with Crippen molar-refractivity contribution < 1.29 is 4.57 Å². The number of hydrogen-bond acceptors (Lipinski definition) is 1. The predicted molar refractivity (Wildman–Crippen MR) is 53.8 cm³/mol. The quantitative estimate of drug-likeness (QED) is 0.608. The van der Waals surface area contributed by atoms with Crippen molar-refractivity contribution in [1.29, 1.82) is 0 Å². The summed E-state index contributed by atoms with van der Waals surface area (Å²) in [5.41, 5.74) is 1.27. The van der Waals surface area contributed by atoms with Crippen LogP contribution in [0.4, 0.5) is 0 Å². The zero-order valence-electron chi connectivity index (χ0n) is 7.72. The molecule has 0 fully saturated rings. The number of hydrogen-bond donors (Lipinski definition) is 0. The molecule has 2 heteroatoms. The van der Waals surface area contributed by atoms with E-state index >= 15 is 0 Å². The van der Waals surface area contributed by atoms with Gasteiger partial charge in [0.2, 0.25) is 0 Å². The summed E-state index contributed by atoms with van der Waals surface area (Å²) in [7, 11) is -0.348. The van der Waals surface area contributed by atoms with E-state index in [1.165, 1.54) is 5.56 Å². The van der Waals surface area contributed by atoms with Gasteiger partial charge in [-0.05, 0) is 11.5 Å². The Balaban J connectivity index is 3.23. The highest BCUT2D eigenvalue weighted by molar-refractivity contribution is 7.34. The number of benzene rings is 1. The Morgan fingerprint density at radius 2 is 1.75 bits per heavy atom. The summed E-state index contributed by atoms with van der Waals surface area (Å²) in [6.45, 7) is 6.39. The molecule has 0 N–H and O–H groups in total. The van der Waals surface area contributed by atoms with Crippen LogP contribution in [0.25, 0.3) is 0 Å². The van der Waals surface area contributed by atoms with Gasteiger partial charge in [-0.1, -0.05) is 43.5 Å². The van der Waals surface area contributed by atoms with Crippen LogP contribution in [-0.2, 0) is 9.98 Å². The first-order valence-electron chi connectivity index (χ1n) is 4.03. The Labute approximate surface area is 75.0 Å². The van der Waals surface area contributed by atoms with Crippen molar-refractivity contribution in [2.24, 2.45) is 0 Å². The van der Waals surface area contributed by atoms with E-state index in [1.807, 2.05) is 24.3 Å². The Bertz CT molecular complexity index is 286. The SMILES string of the molecule is CC(C)(C)c1ccccc1[PH+]=O. The lowest BCUT2D eigenvalue weighted by atomic mass is 9.87. The smallest absolute Gasteiger partial charge is 0.0707 e. The first-order chi connectivity index (χ1) is 5.55. The van der Waals surface area contributed by atoms with Gasteiger partial charge in [0.15, 0.2) is 5.30 Å². The Hall–Kier alpha value is -0.680. The molecule has 1 aromatic carbocycles. The highest BCUT2D eigenvalue weighted by Crippen LogP contribution is 2.22. The third-order valence-electron chi connectivity index (χ3n) is 1.85. The van der Waals surface area contributed by atoms with Gasteiger partial charge >= 0.3 is 8.46 Å². The molecule has 1 atom stereocenters. The largest absolute Gasteiger partial charge is 0.363 e. The van der Waals surface area contributed by atoms with Crippen molar-refractivity contribution in [3.8, 4) is 0 Å². The van der Waals surface area contributed by atoms with Gasteiger partial charge in [0, 0.05) is 5.56 Å². The minimum absolute atomic E-state index is 0.0913. The minimum atomic E-state index is -0.348. The summed E-state index contributed by atoms with van der Waals surface area (Å²) in [5.74, 6) is 0. The predicted octanol–water partition coefficient (Wildman–Crippen LogP) is 2.63. The molecule has 1 aromatic rings. The summed E-state index contributed by atoms with van der Waals surface area (Å²) in [4.78, 5) is 0. The molecular formula is C10H14OP+. The zero-order valence-corrected chi connectivity index (χ0v) is 8.72. The molecule has 1 unspecified atom stereocenters. The molecule has 0 aliphatic heterocycles. The summed E-state index contributed by atoms with van der Waals surface area (Å²) >= 11 is 0. The topological polar surface area (TPSA) is 17.1 Å². The van der Waals surface area contributed by atoms with Gasteiger partial charge in [0.05, 0.1) is 0 Å². The van der Waals surface area contributed by atoms with Gasteiger partial charge in [-0.2, -0.15) is 0 Å². The molecule has 12 heavy (non-hydrogen) atoms. The molecule has 0 saturated heterocycles. The van der Waals surface area contributed by atoms with Crippen LogP contribution in [0, 0.1) is 0 Å². The maximum absolute atomic E-state index is 10.8. The van der Waals surface area contributed by atoms with Crippen LogP contribution in [0.1, 0.15) is 26.3 Å². The second-order valence-corrected chi connectivity index (χ2v) is 4.64. The normalized spacial score (nSPS) is 11.9. The molecular weight excluding hydrogens is 167 g/mol. The first kappa shape index (κ1) is 9.41. The highest BCUT2D eigenvalue weighted by Gasteiger charge is 2.20. The lowest BCUT2D eigenvalue weighted by Crippen LogP contribution is -2.18. The van der Waals surface area contributed by atoms with Crippen LogP contribution in [0.5, 0.6) is 0 Å². The van der Waals surface area contributed by atoms with Crippen LogP contribution in [0.3, 0.4) is 0 Å². The summed E-state index contributed by atoms with van der Waals surface area (Å²) in [6.07, 6.45) is 0. The van der Waals surface area contributed by atoms with Gasteiger partial charge in [0.25, 0.3) is 0 Å². The van der Waals surface area contributed by atoms with Crippen molar-refractivity contribution >= 4 is 13.8 Å². The van der Waals surface area contributed by atoms with Crippen LogP contribution in [0.15, 0.2) is 24.3 Å². The first-order valence-corrected chi connectivity index (χ1v) is 4.94. The van der Waals surface area contributed by atoms with Crippen molar-refractivity contribution in [3.05, 3.63) is 29.8 Å².